The fourth-order valence-electron chi connectivity index (χ4n) is 3.15. The molecule has 0 aliphatic rings. The summed E-state index contributed by atoms with van der Waals surface area (Å²) >= 11 is 0. The Morgan fingerprint density at radius 3 is 2.16 bits per heavy atom. The lowest BCUT2D eigenvalue weighted by Gasteiger charge is -2.05. The van der Waals surface area contributed by atoms with Gasteiger partial charge in [0.25, 0.3) is 0 Å². The maximum Gasteiger partial charge on any atom is 0.325 e. The second-order valence-electron chi connectivity index (χ2n) is 8.85. The normalized spacial score (nSPS) is 10.7. The third-order valence-electron chi connectivity index (χ3n) is 5.24. The fraction of sp³-hybridized carbons (Fsp3) is 0.400. The summed E-state index contributed by atoms with van der Waals surface area (Å²) in [5.41, 5.74) is 2.89. The number of phenols is 1. The van der Waals surface area contributed by atoms with Crippen LogP contribution in [0.25, 0.3) is 18.1 Å². The first kappa shape index (κ1) is 32.1. The minimum atomic E-state index is -0.384. The average Bonchev–Trinajstić information content (AvgIpc) is 3.30. The third-order valence-corrected chi connectivity index (χ3v) is 5.24. The van der Waals surface area contributed by atoms with E-state index in [9.17, 15) is 4.79 Å². The Labute approximate surface area is 226 Å². The van der Waals surface area contributed by atoms with Crippen molar-refractivity contribution in [3.8, 4) is 11.4 Å². The van der Waals surface area contributed by atoms with Gasteiger partial charge in [-0.25, -0.2) is 9.98 Å². The van der Waals surface area contributed by atoms with E-state index in [-0.39, 0.29) is 12.5 Å². The monoisotopic (exact) mass is 521 g/mol. The van der Waals surface area contributed by atoms with Crippen molar-refractivity contribution in [1.29, 1.82) is 0 Å². The number of ether oxygens (including phenoxy) is 1. The molecule has 8 heteroatoms. The Balaban J connectivity index is 0.000000391. The molecule has 8 nitrogen and oxygen atoms in total. The standard InChI is InChI=1S/C16H19N5O2.C7H8O.C7H16/c1-11(2)20-16(18-9-14(22)23-4)15-12(3)21(10-19-15)13-5-7-17-8-6-13;1-6-2-4-7(8)5-3-6;1-3-5-7-6-4-2/h5-8,10,18H,3,9H2,1-2,4H3;2-5,8H,1H3;3-7H2,1-2H3/b16-15+;;. The van der Waals surface area contributed by atoms with Crippen molar-refractivity contribution in [2.24, 2.45) is 4.99 Å². The summed E-state index contributed by atoms with van der Waals surface area (Å²) in [5.74, 6) is 0.425. The first-order valence-corrected chi connectivity index (χ1v) is 13.0. The van der Waals surface area contributed by atoms with E-state index in [0.717, 1.165) is 11.4 Å². The number of carbonyl (C=O) groups excluding carboxylic acids is 1. The van der Waals surface area contributed by atoms with E-state index in [0.29, 0.717) is 22.3 Å². The summed E-state index contributed by atoms with van der Waals surface area (Å²) in [6, 6.07) is 10.8. The Morgan fingerprint density at radius 2 is 1.66 bits per heavy atom. The van der Waals surface area contributed by atoms with E-state index in [1.165, 1.54) is 44.8 Å². The highest BCUT2D eigenvalue weighted by Gasteiger charge is 2.07. The molecule has 3 aromatic rings. The lowest BCUT2D eigenvalue weighted by atomic mass is 10.2. The lowest BCUT2D eigenvalue weighted by molar-refractivity contribution is -0.139. The zero-order valence-corrected chi connectivity index (χ0v) is 23.7. The van der Waals surface area contributed by atoms with Crippen molar-refractivity contribution in [1.82, 2.24) is 19.9 Å². The van der Waals surface area contributed by atoms with Gasteiger partial charge in [-0.15, -0.1) is 0 Å². The number of imidazole rings is 1. The van der Waals surface area contributed by atoms with Gasteiger partial charge in [-0.05, 0) is 45.0 Å². The van der Waals surface area contributed by atoms with Crippen LogP contribution in [0.3, 0.4) is 0 Å². The topological polar surface area (TPSA) is 102 Å². The zero-order chi connectivity index (χ0) is 28.3. The molecule has 2 N–H and O–H groups in total. The molecule has 0 fully saturated rings. The molecule has 0 radical (unpaired) electrons. The van der Waals surface area contributed by atoms with Gasteiger partial charge >= 0.3 is 5.97 Å². The first-order chi connectivity index (χ1) is 18.2. The van der Waals surface area contributed by atoms with Crippen molar-refractivity contribution in [2.45, 2.75) is 66.7 Å². The number of benzene rings is 1. The molecule has 0 spiro atoms. The van der Waals surface area contributed by atoms with Crippen molar-refractivity contribution >= 4 is 24.1 Å². The number of pyridine rings is 1. The maximum absolute atomic E-state index is 11.4. The number of aromatic nitrogens is 3. The van der Waals surface area contributed by atoms with Gasteiger partial charge in [0.15, 0.2) is 5.82 Å². The molecule has 0 saturated carbocycles. The van der Waals surface area contributed by atoms with Crippen LogP contribution in [0.4, 0.5) is 0 Å². The molecule has 0 atom stereocenters. The molecule has 1 aromatic carbocycles. The number of aryl methyl sites for hydroxylation is 1. The van der Waals surface area contributed by atoms with E-state index < -0.39 is 0 Å². The highest BCUT2D eigenvalue weighted by molar-refractivity contribution is 5.83. The van der Waals surface area contributed by atoms with Crippen LogP contribution in [-0.2, 0) is 9.53 Å². The summed E-state index contributed by atoms with van der Waals surface area (Å²) in [7, 11) is 1.34. The van der Waals surface area contributed by atoms with Crippen molar-refractivity contribution in [3.05, 3.63) is 71.4 Å². The number of unbranched alkanes of at least 4 members (excludes halogenated alkanes) is 4. The minimum absolute atomic E-state index is 0.00414. The van der Waals surface area contributed by atoms with Crippen LogP contribution < -0.4 is 16.0 Å². The van der Waals surface area contributed by atoms with Crippen molar-refractivity contribution in [2.75, 3.05) is 13.7 Å². The molecule has 0 aliphatic heterocycles. The SMILES string of the molecule is C=c1/c(=C(\N=C(C)C)NCC(=O)OC)ncn1-c1ccncc1.CCCCCCC.Cc1ccc(O)cc1. The van der Waals surface area contributed by atoms with Gasteiger partial charge in [-0.1, -0.05) is 70.2 Å². The van der Waals surface area contributed by atoms with Gasteiger partial charge in [0.05, 0.1) is 18.1 Å². The number of carbonyl (C=O) groups is 1. The molecule has 0 amide bonds. The number of aliphatic imine (C=N–C) groups is 1. The summed E-state index contributed by atoms with van der Waals surface area (Å²) in [4.78, 5) is 24.1. The van der Waals surface area contributed by atoms with E-state index in [1.54, 1.807) is 30.9 Å². The van der Waals surface area contributed by atoms with Crippen LogP contribution >= 0.6 is 0 Å². The Hall–Kier alpha value is -3.94. The molecule has 2 aromatic heterocycles. The maximum atomic E-state index is 11.4. The number of hydrogen-bond donors (Lipinski definition) is 2. The number of hydrogen-bond acceptors (Lipinski definition) is 7. The quantitative estimate of drug-likeness (QED) is 0.241. The first-order valence-electron chi connectivity index (χ1n) is 13.0. The van der Waals surface area contributed by atoms with Gasteiger partial charge < -0.3 is 15.2 Å². The van der Waals surface area contributed by atoms with Gasteiger partial charge in [0.1, 0.15) is 24.0 Å². The van der Waals surface area contributed by atoms with Crippen LogP contribution in [0, 0.1) is 6.92 Å². The highest BCUT2D eigenvalue weighted by atomic mass is 16.5. The van der Waals surface area contributed by atoms with Crippen molar-refractivity contribution < 1.29 is 14.6 Å². The molecule has 0 aliphatic carbocycles. The number of methoxy groups -OCH3 is 1. The van der Waals surface area contributed by atoms with Gasteiger partial charge in [0, 0.05) is 18.1 Å². The number of nitrogens with one attached hydrogen (secondary N) is 1. The van der Waals surface area contributed by atoms with Gasteiger partial charge in [-0.3, -0.25) is 14.3 Å². The molecular weight excluding hydrogens is 478 g/mol. The van der Waals surface area contributed by atoms with Gasteiger partial charge in [-0.2, -0.15) is 0 Å². The fourth-order valence-corrected chi connectivity index (χ4v) is 3.15. The predicted octanol–water partition coefficient (Wildman–Crippen LogP) is 4.66. The molecule has 0 bridgehead atoms. The van der Waals surface area contributed by atoms with E-state index >= 15 is 0 Å². The van der Waals surface area contributed by atoms with Crippen molar-refractivity contribution in [3.63, 3.8) is 0 Å². The lowest BCUT2D eigenvalue weighted by Crippen LogP contribution is -2.35. The number of nitrogens with zero attached hydrogens (tertiary/aromatic N) is 4. The second-order valence-corrected chi connectivity index (χ2v) is 8.85. The van der Waals surface area contributed by atoms with Crippen LogP contribution in [0.5, 0.6) is 5.75 Å². The Bertz CT molecular complexity index is 1190. The molecule has 0 saturated heterocycles. The Kier molecular flexibility index (Phi) is 15.5. The minimum Gasteiger partial charge on any atom is -0.508 e. The molecule has 2 heterocycles. The largest absolute Gasteiger partial charge is 0.508 e. The summed E-state index contributed by atoms with van der Waals surface area (Å²) in [6.07, 6.45) is 12.1. The summed E-state index contributed by atoms with van der Waals surface area (Å²) in [5, 5.41) is 12.9. The smallest absolute Gasteiger partial charge is 0.325 e. The molecular formula is C30H43N5O3. The number of aromatic hydroxyl groups is 1. The van der Waals surface area contributed by atoms with Gasteiger partial charge in [0.2, 0.25) is 0 Å². The molecule has 206 valence electrons. The van der Waals surface area contributed by atoms with E-state index in [4.69, 9.17) is 5.11 Å². The second kappa shape index (κ2) is 18.3. The van der Waals surface area contributed by atoms with E-state index in [1.807, 2.05) is 49.6 Å². The third kappa shape index (κ3) is 12.3. The van der Waals surface area contributed by atoms with Crippen LogP contribution in [0.15, 0.2) is 60.1 Å². The highest BCUT2D eigenvalue weighted by Crippen LogP contribution is 2.07. The Morgan fingerprint density at radius 1 is 1.05 bits per heavy atom. The number of rotatable bonds is 9. The zero-order valence-electron chi connectivity index (χ0n) is 23.7. The number of esters is 1. The van der Waals surface area contributed by atoms with Crippen LogP contribution in [0.2, 0.25) is 0 Å². The average molecular weight is 522 g/mol. The molecule has 38 heavy (non-hydrogen) atoms. The predicted molar refractivity (Wildman–Crippen MR) is 156 cm³/mol. The van der Waals surface area contributed by atoms with E-state index in [2.05, 4.69) is 45.4 Å². The van der Waals surface area contributed by atoms with Crippen LogP contribution in [0.1, 0.15) is 65.4 Å². The summed E-state index contributed by atoms with van der Waals surface area (Å²) < 4.78 is 6.47. The summed E-state index contributed by atoms with van der Waals surface area (Å²) in [6.45, 7) is 14.3. The van der Waals surface area contributed by atoms with Crippen LogP contribution in [-0.4, -0.2) is 45.0 Å². The molecule has 3 rings (SSSR count). The number of phenolic OH excluding ortho intramolecular Hbond substituents is 1. The molecule has 0 unspecified atom stereocenters.